The first-order chi connectivity index (χ1) is 16.1. The van der Waals surface area contributed by atoms with Crippen molar-refractivity contribution in [2.45, 2.75) is 26.4 Å². The second-order valence-electron chi connectivity index (χ2n) is 7.77. The number of anilines is 1. The molecule has 2 aromatic carbocycles. The number of rotatable bonds is 10. The third-order valence-corrected chi connectivity index (χ3v) is 6.93. The molecule has 0 saturated heterocycles. The second-order valence-corrected chi connectivity index (χ2v) is 9.82. The molecule has 1 atom stereocenters. The van der Waals surface area contributed by atoms with Gasteiger partial charge in [-0.1, -0.05) is 24.3 Å². The van der Waals surface area contributed by atoms with Crippen molar-refractivity contribution in [1.29, 1.82) is 0 Å². The summed E-state index contributed by atoms with van der Waals surface area (Å²) in [5.41, 5.74) is 1.79. The van der Waals surface area contributed by atoms with E-state index in [1.807, 2.05) is 24.3 Å². The maximum absolute atomic E-state index is 12.9. The summed E-state index contributed by atoms with van der Waals surface area (Å²) in [4.78, 5) is 22.1. The fourth-order valence-electron chi connectivity index (χ4n) is 3.67. The lowest BCUT2D eigenvalue weighted by molar-refractivity contribution is 0.327. The molecule has 3 rings (SSSR count). The minimum Gasteiger partial charge on any atom is -0.493 e. The van der Waals surface area contributed by atoms with Gasteiger partial charge in [0.2, 0.25) is 21.7 Å². The van der Waals surface area contributed by atoms with Gasteiger partial charge in [0.25, 0.3) is 5.56 Å². The summed E-state index contributed by atoms with van der Waals surface area (Å²) < 4.78 is 42.6. The highest BCUT2D eigenvalue weighted by Gasteiger charge is 2.21. The molecule has 0 aliphatic carbocycles. The molecule has 0 amide bonds. The number of aromatic nitrogens is 2. The summed E-state index contributed by atoms with van der Waals surface area (Å²) in [5, 5.41) is 0.260. The fraction of sp³-hybridized carbons (Fsp3) is 0.391. The minimum absolute atomic E-state index is 0.0161. The monoisotopic (exact) mass is 490 g/mol. The van der Waals surface area contributed by atoms with Crippen molar-refractivity contribution in [2.24, 2.45) is 0 Å². The average molecular weight is 491 g/mol. The molecule has 10 nitrogen and oxygen atoms in total. The molecule has 2 N–H and O–H groups in total. The first kappa shape index (κ1) is 25.3. The van der Waals surface area contributed by atoms with Crippen LogP contribution in [0.15, 0.2) is 35.1 Å². The van der Waals surface area contributed by atoms with E-state index in [0.717, 1.165) is 11.1 Å². The van der Waals surface area contributed by atoms with Crippen LogP contribution in [0.3, 0.4) is 0 Å². The molecule has 0 bridgehead atoms. The standard InChI is InChI=1S/C23H30N4O6S/c1-7-34(29,30)26-14(2)16-10-8-9-15(11-16)13-27(3)23-24-17-12-18(31-4)20(32-5)21(33-6)19(17)22(28)25-23/h8-12,14,26H,7,13H2,1-6H3,(H,24,25,28). The van der Waals surface area contributed by atoms with Crippen molar-refractivity contribution in [3.63, 3.8) is 0 Å². The average Bonchev–Trinajstić information content (AvgIpc) is 2.82. The van der Waals surface area contributed by atoms with Gasteiger partial charge in [-0.2, -0.15) is 0 Å². The van der Waals surface area contributed by atoms with Crippen molar-refractivity contribution < 1.29 is 22.6 Å². The van der Waals surface area contributed by atoms with Crippen LogP contribution in [0.2, 0.25) is 0 Å². The van der Waals surface area contributed by atoms with Gasteiger partial charge in [0.15, 0.2) is 11.5 Å². The van der Waals surface area contributed by atoms with E-state index in [2.05, 4.69) is 14.7 Å². The van der Waals surface area contributed by atoms with Gasteiger partial charge in [0.05, 0.1) is 32.6 Å². The van der Waals surface area contributed by atoms with Crippen molar-refractivity contribution in [1.82, 2.24) is 14.7 Å². The maximum atomic E-state index is 12.9. The molecule has 0 fully saturated rings. The van der Waals surface area contributed by atoms with Crippen LogP contribution < -0.4 is 29.4 Å². The molecule has 34 heavy (non-hydrogen) atoms. The summed E-state index contributed by atoms with van der Waals surface area (Å²) in [6.45, 7) is 3.83. The fourth-order valence-corrected chi connectivity index (χ4v) is 4.51. The summed E-state index contributed by atoms with van der Waals surface area (Å²) in [6, 6.07) is 8.85. The molecule has 11 heteroatoms. The van der Waals surface area contributed by atoms with Crippen LogP contribution in [-0.2, 0) is 16.6 Å². The molecule has 1 unspecified atom stereocenters. The Labute approximate surface area is 198 Å². The summed E-state index contributed by atoms with van der Waals surface area (Å²) in [7, 11) is 2.89. The van der Waals surface area contributed by atoms with E-state index in [1.54, 1.807) is 31.9 Å². The maximum Gasteiger partial charge on any atom is 0.264 e. The van der Waals surface area contributed by atoms with Gasteiger partial charge in [0, 0.05) is 25.7 Å². The van der Waals surface area contributed by atoms with Crippen LogP contribution >= 0.6 is 0 Å². The number of methoxy groups -OCH3 is 3. The topological polar surface area (TPSA) is 123 Å². The molecule has 0 radical (unpaired) electrons. The Hall–Kier alpha value is -3.31. The number of fused-ring (bicyclic) bond motifs is 1. The van der Waals surface area contributed by atoms with Crippen LogP contribution in [0.4, 0.5) is 5.95 Å². The van der Waals surface area contributed by atoms with Crippen LogP contribution in [-0.4, -0.2) is 52.5 Å². The molecule has 0 saturated carbocycles. The first-order valence-corrected chi connectivity index (χ1v) is 12.3. The van der Waals surface area contributed by atoms with E-state index in [4.69, 9.17) is 14.2 Å². The van der Waals surface area contributed by atoms with Crippen LogP contribution in [0.5, 0.6) is 17.2 Å². The van der Waals surface area contributed by atoms with E-state index in [1.165, 1.54) is 21.3 Å². The number of hydrogen-bond acceptors (Lipinski definition) is 8. The molecule has 3 aromatic rings. The number of sulfonamides is 1. The highest BCUT2D eigenvalue weighted by molar-refractivity contribution is 7.89. The molecule has 1 heterocycles. The van der Waals surface area contributed by atoms with Gasteiger partial charge in [-0.05, 0) is 25.0 Å². The van der Waals surface area contributed by atoms with E-state index in [9.17, 15) is 13.2 Å². The first-order valence-electron chi connectivity index (χ1n) is 10.7. The summed E-state index contributed by atoms with van der Waals surface area (Å²) in [5.74, 6) is 1.33. The van der Waals surface area contributed by atoms with Crippen molar-refractivity contribution in [3.8, 4) is 17.2 Å². The lowest BCUT2D eigenvalue weighted by Gasteiger charge is -2.20. The Kier molecular flexibility index (Phi) is 7.68. The third-order valence-electron chi connectivity index (χ3n) is 5.46. The van der Waals surface area contributed by atoms with Gasteiger partial charge < -0.3 is 19.1 Å². The number of ether oxygens (including phenoxy) is 3. The largest absolute Gasteiger partial charge is 0.493 e. The van der Waals surface area contributed by atoms with Gasteiger partial charge in [0.1, 0.15) is 5.39 Å². The van der Waals surface area contributed by atoms with E-state index >= 15 is 0 Å². The number of nitrogens with zero attached hydrogens (tertiary/aromatic N) is 2. The van der Waals surface area contributed by atoms with Crippen LogP contribution in [0.1, 0.15) is 31.0 Å². The SMILES string of the molecule is CCS(=O)(=O)NC(C)c1cccc(CN(C)c2nc3cc(OC)c(OC)c(OC)c3c(=O)[nH]2)c1. The predicted molar refractivity (Wildman–Crippen MR) is 132 cm³/mol. The van der Waals surface area contributed by atoms with Crippen LogP contribution in [0.25, 0.3) is 10.9 Å². The minimum atomic E-state index is -3.33. The van der Waals surface area contributed by atoms with Gasteiger partial charge in [-0.3, -0.25) is 9.78 Å². The third kappa shape index (κ3) is 5.26. The second kappa shape index (κ2) is 10.3. The number of hydrogen-bond donors (Lipinski definition) is 2. The number of H-pyrrole nitrogens is 1. The Bertz CT molecular complexity index is 1340. The Morgan fingerprint density at radius 3 is 2.44 bits per heavy atom. The Balaban J connectivity index is 1.94. The highest BCUT2D eigenvalue weighted by atomic mass is 32.2. The quantitative estimate of drug-likeness (QED) is 0.445. The molecule has 184 valence electrons. The predicted octanol–water partition coefficient (Wildman–Crippen LogP) is 2.59. The van der Waals surface area contributed by atoms with E-state index < -0.39 is 10.0 Å². The number of benzene rings is 2. The smallest absolute Gasteiger partial charge is 0.264 e. The van der Waals surface area contributed by atoms with E-state index in [0.29, 0.717) is 29.5 Å². The summed E-state index contributed by atoms with van der Waals surface area (Å²) >= 11 is 0. The normalized spacial score (nSPS) is 12.4. The van der Waals surface area contributed by atoms with Gasteiger partial charge in [-0.25, -0.2) is 18.1 Å². The van der Waals surface area contributed by atoms with Crippen molar-refractivity contribution in [2.75, 3.05) is 39.0 Å². The van der Waals surface area contributed by atoms with Crippen molar-refractivity contribution >= 4 is 26.9 Å². The van der Waals surface area contributed by atoms with Crippen molar-refractivity contribution in [3.05, 3.63) is 51.8 Å². The molecule has 1 aromatic heterocycles. The molecular weight excluding hydrogens is 460 g/mol. The zero-order valence-corrected chi connectivity index (χ0v) is 20.9. The Morgan fingerprint density at radius 2 is 1.82 bits per heavy atom. The lowest BCUT2D eigenvalue weighted by atomic mass is 10.1. The Morgan fingerprint density at radius 1 is 1.12 bits per heavy atom. The molecular formula is C23H30N4O6S. The van der Waals surface area contributed by atoms with E-state index in [-0.39, 0.29) is 28.5 Å². The zero-order chi connectivity index (χ0) is 25.0. The summed E-state index contributed by atoms with van der Waals surface area (Å²) in [6.07, 6.45) is 0. The lowest BCUT2D eigenvalue weighted by Crippen LogP contribution is -2.28. The number of nitrogens with one attached hydrogen (secondary N) is 2. The van der Waals surface area contributed by atoms with Gasteiger partial charge >= 0.3 is 0 Å². The number of aromatic amines is 1. The highest BCUT2D eigenvalue weighted by Crippen LogP contribution is 2.41. The molecule has 0 aliphatic heterocycles. The molecule has 0 spiro atoms. The zero-order valence-electron chi connectivity index (χ0n) is 20.1. The van der Waals surface area contributed by atoms with Gasteiger partial charge in [-0.15, -0.1) is 0 Å². The van der Waals surface area contributed by atoms with Crippen LogP contribution in [0, 0.1) is 0 Å². The molecule has 0 aliphatic rings.